The van der Waals surface area contributed by atoms with Crippen LogP contribution in [0.5, 0.6) is 0 Å². The number of rotatable bonds is 3. The number of hydrogen-bond acceptors (Lipinski definition) is 4. The van der Waals surface area contributed by atoms with Gasteiger partial charge in [-0.1, -0.05) is 42.0 Å². The Bertz CT molecular complexity index is 665. The van der Waals surface area contributed by atoms with Gasteiger partial charge in [-0.25, -0.2) is 0 Å². The van der Waals surface area contributed by atoms with Gasteiger partial charge in [0.05, 0.1) is 0 Å². The molecule has 2 atom stereocenters. The molecule has 4 nitrogen and oxygen atoms in total. The lowest BCUT2D eigenvalue weighted by Crippen LogP contribution is -2.14. The molecule has 0 saturated heterocycles. The molecule has 1 aliphatic rings. The molecule has 1 aromatic heterocycles. The van der Waals surface area contributed by atoms with Gasteiger partial charge in [-0.15, -0.1) is 10.2 Å². The van der Waals surface area contributed by atoms with E-state index in [1.165, 1.54) is 22.5 Å². The van der Waals surface area contributed by atoms with Crippen LogP contribution in [-0.4, -0.2) is 16.1 Å². The Morgan fingerprint density at radius 2 is 2.10 bits per heavy atom. The lowest BCUT2D eigenvalue weighted by molar-refractivity contribution is -0.117. The quantitative estimate of drug-likeness (QED) is 0.941. The van der Waals surface area contributed by atoms with E-state index in [-0.39, 0.29) is 11.8 Å². The summed E-state index contributed by atoms with van der Waals surface area (Å²) in [7, 11) is 0. The van der Waals surface area contributed by atoms with Crippen molar-refractivity contribution in [1.29, 1.82) is 0 Å². The van der Waals surface area contributed by atoms with Crippen molar-refractivity contribution in [1.82, 2.24) is 10.2 Å². The van der Waals surface area contributed by atoms with Gasteiger partial charge in [0.2, 0.25) is 11.0 Å². The summed E-state index contributed by atoms with van der Waals surface area (Å²) in [4.78, 5) is 11.9. The minimum Gasteiger partial charge on any atom is -0.300 e. The first kappa shape index (κ1) is 13.2. The Balaban J connectivity index is 1.78. The van der Waals surface area contributed by atoms with Gasteiger partial charge < -0.3 is 5.32 Å². The van der Waals surface area contributed by atoms with Gasteiger partial charge in [-0.3, -0.25) is 4.79 Å². The van der Waals surface area contributed by atoms with E-state index in [0.29, 0.717) is 11.0 Å². The number of carbonyl (C=O) groups excluding carboxylic acids is 1. The summed E-state index contributed by atoms with van der Waals surface area (Å²) in [5.74, 6) is 0.728. The monoisotopic (exact) mass is 287 g/mol. The first-order chi connectivity index (χ1) is 9.54. The van der Waals surface area contributed by atoms with E-state index in [1.54, 1.807) is 0 Å². The van der Waals surface area contributed by atoms with Gasteiger partial charge in [0.25, 0.3) is 0 Å². The smallest absolute Gasteiger partial charge is 0.229 e. The van der Waals surface area contributed by atoms with Crippen molar-refractivity contribution in [3.05, 3.63) is 29.3 Å². The van der Waals surface area contributed by atoms with Crippen molar-refractivity contribution in [2.45, 2.75) is 27.2 Å². The summed E-state index contributed by atoms with van der Waals surface area (Å²) < 4.78 is 0. The molecule has 104 valence electrons. The molecule has 1 aromatic carbocycles. The average Bonchev–Trinajstić information content (AvgIpc) is 2.95. The minimum absolute atomic E-state index is 0.0702. The van der Waals surface area contributed by atoms with Crippen LogP contribution in [0.3, 0.4) is 0 Å². The Hall–Kier alpha value is -1.75. The molecule has 0 aliphatic heterocycles. The summed E-state index contributed by atoms with van der Waals surface area (Å²) in [5, 5.41) is 12.5. The fourth-order valence-corrected chi connectivity index (χ4v) is 3.16. The fraction of sp³-hybridized carbons (Fsp3) is 0.400. The molecule has 0 unspecified atom stereocenters. The molecule has 3 rings (SSSR count). The summed E-state index contributed by atoms with van der Waals surface area (Å²) in [6, 6.07) is 6.24. The largest absolute Gasteiger partial charge is 0.300 e. The second-order valence-corrected chi connectivity index (χ2v) is 6.52. The predicted molar refractivity (Wildman–Crippen MR) is 80.7 cm³/mol. The molecule has 1 fully saturated rings. The highest BCUT2D eigenvalue weighted by atomic mass is 32.1. The normalized spacial score (nSPS) is 20.8. The van der Waals surface area contributed by atoms with Gasteiger partial charge in [-0.05, 0) is 31.7 Å². The number of aromatic nitrogens is 2. The number of aryl methyl sites for hydroxylation is 2. The zero-order chi connectivity index (χ0) is 14.3. The van der Waals surface area contributed by atoms with E-state index in [1.807, 2.05) is 0 Å². The highest BCUT2D eigenvalue weighted by Crippen LogP contribution is 2.39. The second-order valence-electron chi connectivity index (χ2n) is 5.54. The van der Waals surface area contributed by atoms with Gasteiger partial charge in [0.15, 0.2) is 0 Å². The van der Waals surface area contributed by atoms with E-state index >= 15 is 0 Å². The van der Waals surface area contributed by atoms with Crippen LogP contribution in [0.25, 0.3) is 10.6 Å². The summed E-state index contributed by atoms with van der Waals surface area (Å²) in [6.45, 7) is 6.22. The highest BCUT2D eigenvalue weighted by Gasteiger charge is 2.39. The Labute approximate surface area is 122 Å². The van der Waals surface area contributed by atoms with Crippen LogP contribution in [0.15, 0.2) is 18.2 Å². The summed E-state index contributed by atoms with van der Waals surface area (Å²) in [6.07, 6.45) is 0.981. The molecule has 20 heavy (non-hydrogen) atoms. The van der Waals surface area contributed by atoms with Crippen LogP contribution in [-0.2, 0) is 4.79 Å². The molecule has 0 radical (unpaired) electrons. The minimum atomic E-state index is 0.0702. The molecule has 0 spiro atoms. The van der Waals surface area contributed by atoms with Crippen LogP contribution in [0.2, 0.25) is 0 Å². The van der Waals surface area contributed by atoms with Crippen molar-refractivity contribution in [3.63, 3.8) is 0 Å². The van der Waals surface area contributed by atoms with Crippen LogP contribution in [0.1, 0.15) is 24.5 Å². The molecule has 1 N–H and O–H groups in total. The number of nitrogens with zero attached hydrogens (tertiary/aromatic N) is 2. The molecule has 2 aromatic rings. The third-order valence-corrected chi connectivity index (χ3v) is 4.59. The van der Waals surface area contributed by atoms with Gasteiger partial charge in [-0.2, -0.15) is 0 Å². The van der Waals surface area contributed by atoms with Gasteiger partial charge in [0, 0.05) is 11.5 Å². The number of carbonyl (C=O) groups is 1. The van der Waals surface area contributed by atoms with Crippen LogP contribution < -0.4 is 5.32 Å². The first-order valence-electron chi connectivity index (χ1n) is 6.76. The molecule has 1 aliphatic carbocycles. The Morgan fingerprint density at radius 3 is 2.75 bits per heavy atom. The number of nitrogens with one attached hydrogen (secondary N) is 1. The standard InChI is InChI=1S/C15H17N3OS/c1-8-4-5-11(9(2)6-8)14-17-18-15(20-14)16-13(19)12-7-10(12)3/h4-6,10,12H,7H2,1-3H3,(H,16,18,19)/t10-,12-/m0/s1. The first-order valence-corrected chi connectivity index (χ1v) is 7.58. The molecule has 1 heterocycles. The maximum absolute atomic E-state index is 11.9. The van der Waals surface area contributed by atoms with Crippen molar-refractivity contribution < 1.29 is 4.79 Å². The molecule has 1 amide bonds. The maximum Gasteiger partial charge on any atom is 0.229 e. The highest BCUT2D eigenvalue weighted by molar-refractivity contribution is 7.18. The van der Waals surface area contributed by atoms with Crippen molar-refractivity contribution in [2.75, 3.05) is 5.32 Å². The lowest BCUT2D eigenvalue weighted by atomic mass is 10.1. The van der Waals surface area contributed by atoms with Crippen LogP contribution in [0, 0.1) is 25.7 Å². The molecule has 1 saturated carbocycles. The topological polar surface area (TPSA) is 54.9 Å². The molecular formula is C15H17N3OS. The van der Waals surface area contributed by atoms with Gasteiger partial charge >= 0.3 is 0 Å². The van der Waals surface area contributed by atoms with E-state index in [0.717, 1.165) is 17.0 Å². The SMILES string of the molecule is Cc1ccc(-c2nnc(NC(=O)[C@H]3C[C@@H]3C)s2)c(C)c1. The zero-order valence-electron chi connectivity index (χ0n) is 11.8. The van der Waals surface area contributed by atoms with Crippen LogP contribution in [0.4, 0.5) is 5.13 Å². The summed E-state index contributed by atoms with van der Waals surface area (Å²) >= 11 is 1.43. The third-order valence-electron chi connectivity index (χ3n) is 3.71. The molecule has 5 heteroatoms. The van der Waals surface area contributed by atoms with E-state index < -0.39 is 0 Å². The number of benzene rings is 1. The summed E-state index contributed by atoms with van der Waals surface area (Å²) in [5.41, 5.74) is 3.48. The van der Waals surface area contributed by atoms with Crippen molar-refractivity contribution in [2.24, 2.45) is 11.8 Å². The Morgan fingerprint density at radius 1 is 1.35 bits per heavy atom. The predicted octanol–water partition coefficient (Wildman–Crippen LogP) is 3.42. The van der Waals surface area contributed by atoms with E-state index in [4.69, 9.17) is 0 Å². The van der Waals surface area contributed by atoms with Crippen molar-refractivity contribution >= 4 is 22.4 Å². The van der Waals surface area contributed by atoms with E-state index in [2.05, 4.69) is 54.5 Å². The number of hydrogen-bond donors (Lipinski definition) is 1. The van der Waals surface area contributed by atoms with Gasteiger partial charge in [0.1, 0.15) is 5.01 Å². The molecular weight excluding hydrogens is 270 g/mol. The van der Waals surface area contributed by atoms with Crippen molar-refractivity contribution in [3.8, 4) is 10.6 Å². The fourth-order valence-electron chi connectivity index (χ4n) is 2.32. The average molecular weight is 287 g/mol. The van der Waals surface area contributed by atoms with Crippen LogP contribution >= 0.6 is 11.3 Å². The number of anilines is 1. The van der Waals surface area contributed by atoms with E-state index in [9.17, 15) is 4.79 Å². The maximum atomic E-state index is 11.9. The lowest BCUT2D eigenvalue weighted by Gasteiger charge is -2.02. The Kier molecular flexibility index (Phi) is 3.30. The second kappa shape index (κ2) is 4.98. The molecule has 0 bridgehead atoms. The third kappa shape index (κ3) is 2.58. The zero-order valence-corrected chi connectivity index (χ0v) is 12.6. The number of amides is 1.